The van der Waals surface area contributed by atoms with Crippen LogP contribution in [0.2, 0.25) is 0 Å². The third kappa shape index (κ3) is 7.62. The van der Waals surface area contributed by atoms with E-state index >= 15 is 0 Å². The first-order chi connectivity index (χ1) is 15.9. The molecule has 1 aliphatic heterocycles. The van der Waals surface area contributed by atoms with E-state index in [1.54, 1.807) is 29.2 Å². The highest BCUT2D eigenvalue weighted by Crippen LogP contribution is 2.15. The van der Waals surface area contributed by atoms with Gasteiger partial charge >= 0.3 is 12.1 Å². The van der Waals surface area contributed by atoms with Gasteiger partial charge in [-0.3, -0.25) is 19.8 Å². The molecule has 0 unspecified atom stereocenters. The molecule has 2 aromatic rings. The van der Waals surface area contributed by atoms with E-state index in [-0.39, 0.29) is 24.9 Å². The predicted octanol–water partition coefficient (Wildman–Crippen LogP) is 1.79. The van der Waals surface area contributed by atoms with Crippen molar-refractivity contribution in [2.45, 2.75) is 13.0 Å². The molecular formula is C23H27N5O5. The zero-order chi connectivity index (χ0) is 23.6. The van der Waals surface area contributed by atoms with Gasteiger partial charge in [0.2, 0.25) is 5.96 Å². The number of nitrogens with zero attached hydrogens (tertiary/aromatic N) is 3. The van der Waals surface area contributed by atoms with Gasteiger partial charge in [0, 0.05) is 38.3 Å². The van der Waals surface area contributed by atoms with Crippen LogP contribution in [0.3, 0.4) is 0 Å². The van der Waals surface area contributed by atoms with Crippen molar-refractivity contribution in [1.29, 1.82) is 0 Å². The average Bonchev–Trinajstić information content (AvgIpc) is 2.82. The first kappa shape index (κ1) is 23.7. The quantitative estimate of drug-likeness (QED) is 0.429. The fourth-order valence-corrected chi connectivity index (χ4v) is 3.32. The lowest BCUT2D eigenvalue weighted by molar-refractivity contribution is -0.137. The van der Waals surface area contributed by atoms with Crippen molar-refractivity contribution < 1.29 is 24.2 Å². The number of carbonyl (C=O) groups is 3. The highest BCUT2D eigenvalue weighted by Gasteiger charge is 2.22. The Morgan fingerprint density at radius 3 is 2.30 bits per heavy atom. The van der Waals surface area contributed by atoms with Gasteiger partial charge in [-0.25, -0.2) is 9.79 Å². The number of rotatable bonds is 7. The van der Waals surface area contributed by atoms with Gasteiger partial charge in [-0.2, -0.15) is 0 Å². The van der Waals surface area contributed by atoms with Crippen LogP contribution in [-0.4, -0.2) is 71.6 Å². The van der Waals surface area contributed by atoms with E-state index in [1.165, 1.54) is 0 Å². The van der Waals surface area contributed by atoms with E-state index in [0.717, 1.165) is 5.56 Å². The van der Waals surface area contributed by atoms with E-state index < -0.39 is 12.1 Å². The SMILES string of the molecule is NC(=Nc1ccc(C(=O)N2CCN(CCC(=O)O)CC2)cc1)NC(=O)OCc1ccccc1. The molecule has 1 fully saturated rings. The van der Waals surface area contributed by atoms with Crippen LogP contribution in [0.5, 0.6) is 0 Å². The van der Waals surface area contributed by atoms with Crippen molar-refractivity contribution in [3.05, 3.63) is 65.7 Å². The topological polar surface area (TPSA) is 138 Å². The number of carbonyl (C=O) groups excluding carboxylic acids is 2. The molecule has 0 aliphatic carbocycles. The second-order valence-corrected chi connectivity index (χ2v) is 7.51. The molecule has 3 rings (SSSR count). The van der Waals surface area contributed by atoms with Gasteiger partial charge in [-0.15, -0.1) is 0 Å². The number of nitrogens with two attached hydrogens (primary N) is 1. The Balaban J connectivity index is 1.47. The second kappa shape index (κ2) is 11.6. The first-order valence-electron chi connectivity index (χ1n) is 10.6. The summed E-state index contributed by atoms with van der Waals surface area (Å²) in [4.78, 5) is 43.2. The molecule has 1 heterocycles. The standard InChI is InChI=1S/C23H27N5O5/c24-22(26-23(32)33-16-17-4-2-1-3-5-17)25-19-8-6-18(7-9-19)21(31)28-14-12-27(13-15-28)11-10-20(29)30/h1-9H,10-16H2,(H,29,30)(H3,24,25,26,32). The van der Waals surface area contributed by atoms with E-state index in [2.05, 4.69) is 10.3 Å². The summed E-state index contributed by atoms with van der Waals surface area (Å²) in [5.41, 5.74) is 7.61. The van der Waals surface area contributed by atoms with Crippen molar-refractivity contribution in [3.63, 3.8) is 0 Å². The van der Waals surface area contributed by atoms with Crippen LogP contribution in [-0.2, 0) is 16.1 Å². The molecule has 0 aromatic heterocycles. The van der Waals surface area contributed by atoms with Crippen molar-refractivity contribution in [3.8, 4) is 0 Å². The van der Waals surface area contributed by atoms with Crippen LogP contribution < -0.4 is 11.1 Å². The zero-order valence-electron chi connectivity index (χ0n) is 18.1. The predicted molar refractivity (Wildman–Crippen MR) is 122 cm³/mol. The minimum Gasteiger partial charge on any atom is -0.481 e. The molecule has 10 nitrogen and oxygen atoms in total. The Kier molecular flexibility index (Phi) is 8.36. The molecular weight excluding hydrogens is 426 g/mol. The fraction of sp³-hybridized carbons (Fsp3) is 0.304. The van der Waals surface area contributed by atoms with Gasteiger partial charge in [0.1, 0.15) is 6.61 Å². The van der Waals surface area contributed by atoms with Crippen LogP contribution in [0.4, 0.5) is 10.5 Å². The largest absolute Gasteiger partial charge is 0.481 e. The minimum absolute atomic E-state index is 0.0959. The summed E-state index contributed by atoms with van der Waals surface area (Å²) in [6.45, 7) is 2.97. The third-order valence-electron chi connectivity index (χ3n) is 5.11. The van der Waals surface area contributed by atoms with Gasteiger partial charge < -0.3 is 20.5 Å². The Hall–Kier alpha value is -3.92. The maximum Gasteiger partial charge on any atom is 0.414 e. The van der Waals surface area contributed by atoms with E-state index in [4.69, 9.17) is 15.6 Å². The van der Waals surface area contributed by atoms with Crippen molar-refractivity contribution in [2.24, 2.45) is 10.7 Å². The minimum atomic E-state index is -0.823. The van der Waals surface area contributed by atoms with Gasteiger partial charge in [-0.1, -0.05) is 30.3 Å². The fourth-order valence-electron chi connectivity index (χ4n) is 3.32. The van der Waals surface area contributed by atoms with Crippen molar-refractivity contribution in [2.75, 3.05) is 32.7 Å². The number of ether oxygens (including phenoxy) is 1. The van der Waals surface area contributed by atoms with Gasteiger partial charge in [0.25, 0.3) is 5.91 Å². The summed E-state index contributed by atoms with van der Waals surface area (Å²) < 4.78 is 5.10. The number of guanidine groups is 1. The Bertz CT molecular complexity index is 986. The summed E-state index contributed by atoms with van der Waals surface area (Å²) >= 11 is 0. The maximum absolute atomic E-state index is 12.7. The number of hydrogen-bond acceptors (Lipinski definition) is 6. The van der Waals surface area contributed by atoms with Crippen molar-refractivity contribution in [1.82, 2.24) is 15.1 Å². The molecule has 174 valence electrons. The van der Waals surface area contributed by atoms with E-state index in [0.29, 0.717) is 44.0 Å². The first-order valence-corrected chi connectivity index (χ1v) is 10.6. The molecule has 4 N–H and O–H groups in total. The summed E-state index contributed by atoms with van der Waals surface area (Å²) in [7, 11) is 0. The Morgan fingerprint density at radius 1 is 1.00 bits per heavy atom. The lowest BCUT2D eigenvalue weighted by Gasteiger charge is -2.34. The Labute approximate surface area is 191 Å². The van der Waals surface area contributed by atoms with Crippen LogP contribution in [0.25, 0.3) is 0 Å². The number of carboxylic acid groups (broad SMARTS) is 1. The zero-order valence-corrected chi connectivity index (χ0v) is 18.1. The number of alkyl carbamates (subject to hydrolysis) is 1. The smallest absolute Gasteiger partial charge is 0.414 e. The van der Waals surface area contributed by atoms with Gasteiger partial charge in [0.05, 0.1) is 12.1 Å². The lowest BCUT2D eigenvalue weighted by Crippen LogP contribution is -2.49. The second-order valence-electron chi connectivity index (χ2n) is 7.51. The van der Waals surface area contributed by atoms with Gasteiger partial charge in [0.15, 0.2) is 0 Å². The average molecular weight is 453 g/mol. The van der Waals surface area contributed by atoms with Crippen LogP contribution in [0.1, 0.15) is 22.3 Å². The molecule has 0 saturated carbocycles. The van der Waals surface area contributed by atoms with E-state index in [9.17, 15) is 14.4 Å². The monoisotopic (exact) mass is 453 g/mol. The van der Waals surface area contributed by atoms with Crippen LogP contribution in [0.15, 0.2) is 59.6 Å². The molecule has 1 aliphatic rings. The number of aliphatic carboxylic acids is 1. The number of hydrogen-bond donors (Lipinski definition) is 3. The lowest BCUT2D eigenvalue weighted by atomic mass is 10.1. The number of piperazine rings is 1. The summed E-state index contributed by atoms with van der Waals surface area (Å²) in [5.74, 6) is -1.04. The molecule has 0 spiro atoms. The summed E-state index contributed by atoms with van der Waals surface area (Å²) in [6.07, 6.45) is -0.618. The molecule has 10 heteroatoms. The Morgan fingerprint density at radius 2 is 1.67 bits per heavy atom. The van der Waals surface area contributed by atoms with E-state index in [1.807, 2.05) is 35.2 Å². The summed E-state index contributed by atoms with van der Waals surface area (Å²) in [6, 6.07) is 15.8. The molecule has 1 saturated heterocycles. The van der Waals surface area contributed by atoms with Crippen LogP contribution >= 0.6 is 0 Å². The molecule has 2 aromatic carbocycles. The summed E-state index contributed by atoms with van der Waals surface area (Å²) in [5, 5.41) is 11.1. The van der Waals surface area contributed by atoms with Crippen LogP contribution in [0, 0.1) is 0 Å². The normalized spacial score (nSPS) is 14.5. The molecule has 0 atom stereocenters. The highest BCUT2D eigenvalue weighted by atomic mass is 16.5. The molecule has 0 bridgehead atoms. The number of amides is 2. The molecule has 0 radical (unpaired) electrons. The highest BCUT2D eigenvalue weighted by molar-refractivity contribution is 5.96. The molecule has 33 heavy (non-hydrogen) atoms. The number of nitrogens with one attached hydrogen (secondary N) is 1. The number of benzene rings is 2. The van der Waals surface area contributed by atoms with Crippen molar-refractivity contribution >= 4 is 29.6 Å². The number of carboxylic acids is 1. The maximum atomic E-state index is 12.7. The third-order valence-corrected chi connectivity index (χ3v) is 5.11. The van der Waals surface area contributed by atoms with Gasteiger partial charge in [-0.05, 0) is 29.8 Å². The number of aliphatic imine (C=N–C) groups is 1. The molecule has 2 amide bonds.